The molecule has 4 heteroatoms. The summed E-state index contributed by atoms with van der Waals surface area (Å²) in [5.41, 5.74) is 1.10. The Labute approximate surface area is 108 Å². The summed E-state index contributed by atoms with van der Waals surface area (Å²) < 4.78 is 0. The molecule has 18 heavy (non-hydrogen) atoms. The van der Waals surface area contributed by atoms with Crippen LogP contribution in [0.15, 0.2) is 30.3 Å². The number of nitrogens with zero attached hydrogens (tertiary/aromatic N) is 2. The topological polar surface area (TPSA) is 43.8 Å². The van der Waals surface area contributed by atoms with Gasteiger partial charge in [0.05, 0.1) is 6.61 Å². The average molecular weight is 248 g/mol. The van der Waals surface area contributed by atoms with E-state index in [4.69, 9.17) is 5.11 Å². The molecule has 0 radical (unpaired) electrons. The highest BCUT2D eigenvalue weighted by Crippen LogP contribution is 2.13. The molecule has 4 nitrogen and oxygen atoms in total. The average Bonchev–Trinajstić information content (AvgIpc) is 2.92. The van der Waals surface area contributed by atoms with Gasteiger partial charge in [-0.05, 0) is 18.4 Å². The Hall–Kier alpha value is -1.55. The number of hydrogen-bond donors (Lipinski definition) is 1. The number of carbonyl (C=O) groups is 1. The van der Waals surface area contributed by atoms with Gasteiger partial charge in [0.2, 0.25) is 0 Å². The molecule has 1 fully saturated rings. The van der Waals surface area contributed by atoms with Gasteiger partial charge < -0.3 is 14.9 Å². The number of amides is 2. The number of aliphatic hydroxyl groups excluding tert-OH is 1. The summed E-state index contributed by atoms with van der Waals surface area (Å²) in [5.74, 6) is 0. The third kappa shape index (κ3) is 3.23. The van der Waals surface area contributed by atoms with Crippen LogP contribution in [0.5, 0.6) is 0 Å². The molecule has 1 saturated heterocycles. The molecule has 98 valence electrons. The second-order valence-corrected chi connectivity index (χ2v) is 4.61. The molecule has 1 N–H and O–H groups in total. The maximum Gasteiger partial charge on any atom is 0.320 e. The summed E-state index contributed by atoms with van der Waals surface area (Å²) in [4.78, 5) is 15.9. The lowest BCUT2D eigenvalue weighted by Gasteiger charge is -2.27. The highest BCUT2D eigenvalue weighted by molar-refractivity contribution is 5.74. The smallest absolute Gasteiger partial charge is 0.320 e. The Bertz CT molecular complexity index is 375. The van der Waals surface area contributed by atoms with Crippen molar-refractivity contribution in [1.82, 2.24) is 9.80 Å². The molecule has 0 unspecified atom stereocenters. The first-order valence-electron chi connectivity index (χ1n) is 6.50. The molecule has 1 heterocycles. The van der Waals surface area contributed by atoms with Gasteiger partial charge in [-0.15, -0.1) is 0 Å². The highest BCUT2D eigenvalue weighted by Gasteiger charge is 2.23. The molecule has 1 aromatic carbocycles. The fourth-order valence-electron chi connectivity index (χ4n) is 2.28. The summed E-state index contributed by atoms with van der Waals surface area (Å²) in [5, 5.41) is 9.09. The minimum absolute atomic E-state index is 0.00636. The molecular formula is C14H20N2O2. The molecule has 0 spiro atoms. The van der Waals surface area contributed by atoms with Crippen LogP contribution in [-0.2, 0) is 6.54 Å². The molecule has 2 rings (SSSR count). The summed E-state index contributed by atoms with van der Waals surface area (Å²) in [6.45, 7) is 2.65. The summed E-state index contributed by atoms with van der Waals surface area (Å²) in [6, 6.07) is 9.94. The number of likely N-dealkylation sites (tertiary alicyclic amines) is 1. The fourth-order valence-corrected chi connectivity index (χ4v) is 2.28. The van der Waals surface area contributed by atoms with Crippen LogP contribution in [0.25, 0.3) is 0 Å². The van der Waals surface area contributed by atoms with Crippen molar-refractivity contribution >= 4 is 6.03 Å². The van der Waals surface area contributed by atoms with E-state index in [1.54, 1.807) is 4.90 Å². The lowest BCUT2D eigenvalue weighted by molar-refractivity contribution is 0.144. The van der Waals surface area contributed by atoms with E-state index < -0.39 is 0 Å². The first-order valence-corrected chi connectivity index (χ1v) is 6.50. The fraction of sp³-hybridized carbons (Fsp3) is 0.500. The molecular weight excluding hydrogens is 228 g/mol. The summed E-state index contributed by atoms with van der Waals surface area (Å²) in [7, 11) is 0. The molecule has 1 aromatic rings. The number of hydrogen-bond acceptors (Lipinski definition) is 2. The second-order valence-electron chi connectivity index (χ2n) is 4.61. The maximum absolute atomic E-state index is 12.3. The van der Waals surface area contributed by atoms with Crippen molar-refractivity contribution in [3.63, 3.8) is 0 Å². The molecule has 0 saturated carbocycles. The molecule has 2 amide bonds. The number of aliphatic hydroxyl groups is 1. The maximum atomic E-state index is 12.3. The predicted octanol–water partition coefficient (Wildman–Crippen LogP) is 1.70. The number of rotatable bonds is 4. The lowest BCUT2D eigenvalue weighted by atomic mass is 10.2. The van der Waals surface area contributed by atoms with Gasteiger partial charge in [0.15, 0.2) is 0 Å². The van der Waals surface area contributed by atoms with Crippen molar-refractivity contribution in [2.75, 3.05) is 26.2 Å². The Morgan fingerprint density at radius 2 is 1.89 bits per heavy atom. The molecule has 0 aliphatic carbocycles. The molecule has 1 aliphatic rings. The van der Waals surface area contributed by atoms with E-state index >= 15 is 0 Å². The van der Waals surface area contributed by atoms with Crippen molar-refractivity contribution in [2.45, 2.75) is 19.4 Å². The minimum Gasteiger partial charge on any atom is -0.395 e. The third-order valence-electron chi connectivity index (χ3n) is 3.23. The summed E-state index contributed by atoms with van der Waals surface area (Å²) >= 11 is 0. The number of urea groups is 1. The standard InChI is InChI=1S/C14H20N2O2/c17-11-10-16(12-13-6-2-1-3-7-13)14(18)15-8-4-5-9-15/h1-3,6-7,17H,4-5,8-12H2. The van der Waals surface area contributed by atoms with E-state index in [1.807, 2.05) is 35.2 Å². The van der Waals surface area contributed by atoms with Gasteiger partial charge in [-0.3, -0.25) is 0 Å². The van der Waals surface area contributed by atoms with E-state index in [0.29, 0.717) is 13.1 Å². The first-order chi connectivity index (χ1) is 8.81. The Morgan fingerprint density at radius 1 is 1.22 bits per heavy atom. The van der Waals surface area contributed by atoms with Gasteiger partial charge in [-0.1, -0.05) is 30.3 Å². The number of carbonyl (C=O) groups excluding carboxylic acids is 1. The van der Waals surface area contributed by atoms with Crippen LogP contribution in [-0.4, -0.2) is 47.2 Å². The minimum atomic E-state index is 0.00636. The van der Waals surface area contributed by atoms with Crippen LogP contribution < -0.4 is 0 Å². The van der Waals surface area contributed by atoms with E-state index in [-0.39, 0.29) is 12.6 Å². The molecule has 0 aromatic heterocycles. The molecule has 0 atom stereocenters. The van der Waals surface area contributed by atoms with Crippen LogP contribution in [0.1, 0.15) is 18.4 Å². The highest BCUT2D eigenvalue weighted by atomic mass is 16.3. The summed E-state index contributed by atoms with van der Waals surface area (Å²) in [6.07, 6.45) is 2.17. The normalized spacial score (nSPS) is 14.8. The van der Waals surface area contributed by atoms with Crippen LogP contribution >= 0.6 is 0 Å². The third-order valence-corrected chi connectivity index (χ3v) is 3.23. The quantitative estimate of drug-likeness (QED) is 0.881. The van der Waals surface area contributed by atoms with Crippen LogP contribution in [0.3, 0.4) is 0 Å². The van der Waals surface area contributed by atoms with Crippen LogP contribution in [0.4, 0.5) is 4.79 Å². The zero-order chi connectivity index (χ0) is 12.8. The Balaban J connectivity index is 2.00. The SMILES string of the molecule is O=C(N1CCCC1)N(CCO)Cc1ccccc1. The van der Waals surface area contributed by atoms with Crippen molar-refractivity contribution in [2.24, 2.45) is 0 Å². The van der Waals surface area contributed by atoms with Gasteiger partial charge in [-0.25, -0.2) is 4.79 Å². The Kier molecular flexibility index (Phi) is 4.59. The number of benzene rings is 1. The van der Waals surface area contributed by atoms with Gasteiger partial charge in [0.25, 0.3) is 0 Å². The van der Waals surface area contributed by atoms with E-state index in [9.17, 15) is 4.79 Å². The Morgan fingerprint density at radius 3 is 2.50 bits per heavy atom. The molecule has 0 bridgehead atoms. The monoisotopic (exact) mass is 248 g/mol. The van der Waals surface area contributed by atoms with E-state index in [1.165, 1.54) is 0 Å². The van der Waals surface area contributed by atoms with Crippen LogP contribution in [0.2, 0.25) is 0 Å². The van der Waals surface area contributed by atoms with E-state index in [0.717, 1.165) is 31.5 Å². The van der Waals surface area contributed by atoms with Crippen molar-refractivity contribution < 1.29 is 9.90 Å². The largest absolute Gasteiger partial charge is 0.395 e. The zero-order valence-corrected chi connectivity index (χ0v) is 10.6. The van der Waals surface area contributed by atoms with Crippen molar-refractivity contribution in [3.8, 4) is 0 Å². The molecule has 1 aliphatic heterocycles. The van der Waals surface area contributed by atoms with Gasteiger partial charge in [-0.2, -0.15) is 0 Å². The van der Waals surface area contributed by atoms with E-state index in [2.05, 4.69) is 0 Å². The van der Waals surface area contributed by atoms with Crippen LogP contribution in [0, 0.1) is 0 Å². The first kappa shape index (κ1) is 12.9. The predicted molar refractivity (Wildman–Crippen MR) is 70.1 cm³/mol. The van der Waals surface area contributed by atoms with Gasteiger partial charge in [0.1, 0.15) is 0 Å². The zero-order valence-electron chi connectivity index (χ0n) is 10.6. The second kappa shape index (κ2) is 6.40. The van der Waals surface area contributed by atoms with Gasteiger partial charge in [0, 0.05) is 26.2 Å². The van der Waals surface area contributed by atoms with Gasteiger partial charge >= 0.3 is 6.03 Å². The van der Waals surface area contributed by atoms with Crippen molar-refractivity contribution in [1.29, 1.82) is 0 Å². The lowest BCUT2D eigenvalue weighted by Crippen LogP contribution is -2.42. The van der Waals surface area contributed by atoms with Crippen molar-refractivity contribution in [3.05, 3.63) is 35.9 Å².